The summed E-state index contributed by atoms with van der Waals surface area (Å²) in [5, 5.41) is 12.8. The van der Waals surface area contributed by atoms with E-state index >= 15 is 0 Å². The molecule has 186 valence electrons. The Morgan fingerprint density at radius 2 is 1.74 bits per heavy atom. The number of nitrogens with one attached hydrogen (secondary N) is 1. The minimum absolute atomic E-state index is 0.0339. The van der Waals surface area contributed by atoms with E-state index in [1.807, 2.05) is 4.57 Å². The number of rotatable bonds is 9. The molecule has 0 spiro atoms. The van der Waals surface area contributed by atoms with Gasteiger partial charge in [-0.1, -0.05) is 54.9 Å². The van der Waals surface area contributed by atoms with Gasteiger partial charge < -0.3 is 5.32 Å². The molecule has 8 heteroatoms. The summed E-state index contributed by atoms with van der Waals surface area (Å²) in [4.78, 5) is 15.3. The molecule has 1 fully saturated rings. The number of amides is 1. The predicted octanol–water partition coefficient (Wildman–Crippen LogP) is 5.62. The molecule has 1 aliphatic rings. The second-order valence-corrected chi connectivity index (χ2v) is 10.1. The average Bonchev–Trinajstić information content (AvgIpc) is 3.31. The third-order valence-electron chi connectivity index (χ3n) is 6.61. The van der Waals surface area contributed by atoms with E-state index in [1.165, 1.54) is 48.7 Å². The van der Waals surface area contributed by atoms with Crippen LogP contribution in [-0.4, -0.2) is 44.4 Å². The summed E-state index contributed by atoms with van der Waals surface area (Å²) < 4.78 is 15.6. The van der Waals surface area contributed by atoms with Gasteiger partial charge in [-0.05, 0) is 76.0 Å². The first kappa shape index (κ1) is 25.4. The lowest BCUT2D eigenvalue weighted by Gasteiger charge is -2.31. The standard InChI is InChI=1S/C27H34FN5OS/c1-4-24(21-10-8-19(2)9-11-21)29-25(34)18-35-27-31-30-26(20(3)32-16-6-5-7-17-32)33(27)23-14-12-22(28)13-15-23/h8-15,20,24H,4-7,16-18H2,1-3H3,(H,29,34)/t20-,24-/m1/s1. The summed E-state index contributed by atoms with van der Waals surface area (Å²) >= 11 is 1.35. The summed E-state index contributed by atoms with van der Waals surface area (Å²) in [6.45, 7) is 8.32. The fourth-order valence-electron chi connectivity index (χ4n) is 4.53. The molecule has 2 atom stereocenters. The number of carbonyl (C=O) groups is 1. The average molecular weight is 496 g/mol. The van der Waals surface area contributed by atoms with E-state index in [-0.39, 0.29) is 29.6 Å². The van der Waals surface area contributed by atoms with Crippen LogP contribution in [0.1, 0.15) is 68.6 Å². The monoisotopic (exact) mass is 495 g/mol. The van der Waals surface area contributed by atoms with Crippen molar-refractivity contribution in [3.63, 3.8) is 0 Å². The summed E-state index contributed by atoms with van der Waals surface area (Å²) in [5.74, 6) is 0.691. The van der Waals surface area contributed by atoms with Gasteiger partial charge in [0.2, 0.25) is 5.91 Å². The second-order valence-electron chi connectivity index (χ2n) is 9.15. The first-order valence-corrected chi connectivity index (χ1v) is 13.4. The summed E-state index contributed by atoms with van der Waals surface area (Å²) in [7, 11) is 0. The number of benzene rings is 2. The summed E-state index contributed by atoms with van der Waals surface area (Å²) in [5.41, 5.74) is 3.09. The van der Waals surface area contributed by atoms with Gasteiger partial charge in [0.1, 0.15) is 5.82 Å². The molecule has 3 aromatic rings. The lowest BCUT2D eigenvalue weighted by molar-refractivity contribution is -0.119. The zero-order valence-electron chi connectivity index (χ0n) is 20.7. The number of aromatic nitrogens is 3. The normalized spacial score (nSPS) is 16.1. The molecule has 35 heavy (non-hydrogen) atoms. The van der Waals surface area contributed by atoms with Crippen molar-refractivity contribution in [1.82, 2.24) is 25.0 Å². The largest absolute Gasteiger partial charge is 0.349 e. The molecule has 1 saturated heterocycles. The number of nitrogens with zero attached hydrogens (tertiary/aromatic N) is 4. The van der Waals surface area contributed by atoms with Crippen LogP contribution in [0, 0.1) is 12.7 Å². The number of carbonyl (C=O) groups excluding carboxylic acids is 1. The molecule has 0 aliphatic carbocycles. The van der Waals surface area contributed by atoms with Crippen molar-refractivity contribution < 1.29 is 9.18 Å². The number of likely N-dealkylation sites (tertiary alicyclic amines) is 1. The second kappa shape index (κ2) is 11.8. The quantitative estimate of drug-likeness (QED) is 0.390. The van der Waals surface area contributed by atoms with Crippen LogP contribution in [0.15, 0.2) is 53.7 Å². The van der Waals surface area contributed by atoms with Gasteiger partial charge in [-0.25, -0.2) is 4.39 Å². The number of thioether (sulfide) groups is 1. The molecule has 2 aromatic carbocycles. The number of hydrogen-bond donors (Lipinski definition) is 1. The van der Waals surface area contributed by atoms with Crippen molar-refractivity contribution >= 4 is 17.7 Å². The van der Waals surface area contributed by atoms with E-state index in [4.69, 9.17) is 0 Å². The Balaban J connectivity index is 1.51. The molecule has 0 unspecified atom stereocenters. The third kappa shape index (κ3) is 6.30. The SMILES string of the molecule is CC[C@@H](NC(=O)CSc1nnc([C@@H](C)N2CCCCC2)n1-c1ccc(F)cc1)c1ccc(C)cc1. The van der Waals surface area contributed by atoms with Crippen molar-refractivity contribution in [2.75, 3.05) is 18.8 Å². The van der Waals surface area contributed by atoms with Gasteiger partial charge in [0.15, 0.2) is 11.0 Å². The van der Waals surface area contributed by atoms with E-state index in [1.54, 1.807) is 12.1 Å². The maximum Gasteiger partial charge on any atom is 0.230 e. The topological polar surface area (TPSA) is 63.1 Å². The Morgan fingerprint density at radius 1 is 1.06 bits per heavy atom. The van der Waals surface area contributed by atoms with Crippen LogP contribution in [0.3, 0.4) is 0 Å². The maximum atomic E-state index is 13.6. The van der Waals surface area contributed by atoms with Gasteiger partial charge in [0.05, 0.1) is 17.8 Å². The first-order valence-electron chi connectivity index (χ1n) is 12.4. The molecule has 0 radical (unpaired) electrons. The van der Waals surface area contributed by atoms with Crippen LogP contribution in [0.25, 0.3) is 5.69 Å². The van der Waals surface area contributed by atoms with Crippen LogP contribution < -0.4 is 5.32 Å². The lowest BCUT2D eigenvalue weighted by atomic mass is 10.0. The molecule has 1 N–H and O–H groups in total. The Bertz CT molecular complexity index is 1110. The molecule has 4 rings (SSSR count). The van der Waals surface area contributed by atoms with Crippen molar-refractivity contribution in [3.05, 3.63) is 71.3 Å². The van der Waals surface area contributed by atoms with Crippen molar-refractivity contribution in [3.8, 4) is 5.69 Å². The van der Waals surface area contributed by atoms with E-state index in [2.05, 4.69) is 65.5 Å². The molecule has 0 bridgehead atoms. The van der Waals surface area contributed by atoms with E-state index in [0.29, 0.717) is 5.16 Å². The molecule has 1 aliphatic heterocycles. The maximum absolute atomic E-state index is 13.6. The highest BCUT2D eigenvalue weighted by Crippen LogP contribution is 2.29. The van der Waals surface area contributed by atoms with Crippen LogP contribution in [0.4, 0.5) is 4.39 Å². The predicted molar refractivity (Wildman–Crippen MR) is 138 cm³/mol. The number of halogens is 1. The number of aryl methyl sites for hydroxylation is 1. The molecule has 0 saturated carbocycles. The number of hydrogen-bond acceptors (Lipinski definition) is 5. The molecule has 1 aromatic heterocycles. The Kier molecular flexibility index (Phi) is 8.57. The first-order chi connectivity index (χ1) is 17.0. The van der Waals surface area contributed by atoms with Crippen molar-refractivity contribution in [1.29, 1.82) is 0 Å². The molecule has 6 nitrogen and oxygen atoms in total. The van der Waals surface area contributed by atoms with E-state index < -0.39 is 0 Å². The molecule has 1 amide bonds. The molecule has 2 heterocycles. The third-order valence-corrected chi connectivity index (χ3v) is 7.54. The van der Waals surface area contributed by atoms with Gasteiger partial charge in [-0.3, -0.25) is 14.3 Å². The summed E-state index contributed by atoms with van der Waals surface area (Å²) in [6, 6.07) is 14.7. The number of piperidine rings is 1. The molecular weight excluding hydrogens is 461 g/mol. The minimum atomic E-state index is -0.289. The van der Waals surface area contributed by atoms with E-state index in [9.17, 15) is 9.18 Å². The van der Waals surface area contributed by atoms with Crippen molar-refractivity contribution in [2.45, 2.75) is 63.7 Å². The lowest BCUT2D eigenvalue weighted by Crippen LogP contribution is -2.33. The van der Waals surface area contributed by atoms with Crippen LogP contribution >= 0.6 is 11.8 Å². The van der Waals surface area contributed by atoms with Gasteiger partial charge >= 0.3 is 0 Å². The summed E-state index contributed by atoms with van der Waals surface area (Å²) in [6.07, 6.45) is 4.42. The van der Waals surface area contributed by atoms with Gasteiger partial charge in [-0.2, -0.15) is 0 Å². The highest BCUT2D eigenvalue weighted by atomic mass is 32.2. The minimum Gasteiger partial charge on any atom is -0.349 e. The zero-order valence-corrected chi connectivity index (χ0v) is 21.5. The highest BCUT2D eigenvalue weighted by Gasteiger charge is 2.26. The van der Waals surface area contributed by atoms with Crippen LogP contribution in [-0.2, 0) is 4.79 Å². The van der Waals surface area contributed by atoms with Gasteiger partial charge in [0, 0.05) is 5.69 Å². The fourth-order valence-corrected chi connectivity index (χ4v) is 5.30. The van der Waals surface area contributed by atoms with Gasteiger partial charge in [0.25, 0.3) is 0 Å². The fraction of sp³-hybridized carbons (Fsp3) is 0.444. The van der Waals surface area contributed by atoms with Crippen LogP contribution in [0.2, 0.25) is 0 Å². The zero-order chi connectivity index (χ0) is 24.8. The van der Waals surface area contributed by atoms with E-state index in [0.717, 1.165) is 36.6 Å². The highest BCUT2D eigenvalue weighted by molar-refractivity contribution is 7.99. The smallest absolute Gasteiger partial charge is 0.230 e. The van der Waals surface area contributed by atoms with Gasteiger partial charge in [-0.15, -0.1) is 10.2 Å². The van der Waals surface area contributed by atoms with Crippen LogP contribution in [0.5, 0.6) is 0 Å². The molecular formula is C27H34FN5OS. The van der Waals surface area contributed by atoms with Crippen molar-refractivity contribution in [2.24, 2.45) is 0 Å². The Hall–Kier alpha value is -2.71. The Labute approximate surface area is 211 Å². The Morgan fingerprint density at radius 3 is 2.40 bits per heavy atom.